The van der Waals surface area contributed by atoms with Crippen LogP contribution in [0.5, 0.6) is 0 Å². The number of hydrogen-bond donors (Lipinski definition) is 1. The number of rotatable bonds is 4. The number of anilines is 1. The van der Waals surface area contributed by atoms with Crippen molar-refractivity contribution in [1.82, 2.24) is 4.98 Å². The van der Waals surface area contributed by atoms with Gasteiger partial charge in [0.1, 0.15) is 10.8 Å². The van der Waals surface area contributed by atoms with Crippen molar-refractivity contribution < 1.29 is 9.18 Å². The summed E-state index contributed by atoms with van der Waals surface area (Å²) < 4.78 is 15.3. The fraction of sp³-hybridized carbons (Fsp3) is 0.0588. The maximum Gasteiger partial charge on any atom is 0.230 e. The van der Waals surface area contributed by atoms with Crippen LogP contribution in [0.2, 0.25) is 0 Å². The smallest absolute Gasteiger partial charge is 0.230 e. The number of halogens is 3. The summed E-state index contributed by atoms with van der Waals surface area (Å²) in [5.74, 6) is -0.784. The van der Waals surface area contributed by atoms with Gasteiger partial charge in [-0.2, -0.15) is 0 Å². The molecule has 0 radical (unpaired) electrons. The third-order valence-corrected chi connectivity index (χ3v) is 5.10. The summed E-state index contributed by atoms with van der Waals surface area (Å²) in [4.78, 5) is 16.6. The molecule has 0 unspecified atom stereocenters. The Kier molecular flexibility index (Phi) is 5.43. The fourth-order valence-electron chi connectivity index (χ4n) is 2.09. The minimum Gasteiger partial charge on any atom is -0.323 e. The summed E-state index contributed by atoms with van der Waals surface area (Å²) >= 11 is 8.08. The molecule has 0 aliphatic carbocycles. The highest BCUT2D eigenvalue weighted by Gasteiger charge is 2.11. The summed E-state index contributed by atoms with van der Waals surface area (Å²) in [5, 5.41) is 5.25. The average Bonchev–Trinajstić information content (AvgIpc) is 2.98. The van der Waals surface area contributed by atoms with E-state index in [-0.39, 0.29) is 18.0 Å². The van der Waals surface area contributed by atoms with Crippen LogP contribution in [0.25, 0.3) is 10.6 Å². The van der Waals surface area contributed by atoms with Gasteiger partial charge in [0, 0.05) is 19.9 Å². The normalized spacial score (nSPS) is 10.6. The first-order valence-electron chi connectivity index (χ1n) is 6.96. The molecule has 0 spiro atoms. The number of hydrogen-bond acceptors (Lipinski definition) is 3. The van der Waals surface area contributed by atoms with Crippen LogP contribution < -0.4 is 5.32 Å². The van der Waals surface area contributed by atoms with Gasteiger partial charge in [0.15, 0.2) is 0 Å². The molecular formula is C17H11Br2FN2OS. The Labute approximate surface area is 159 Å². The van der Waals surface area contributed by atoms with Crippen molar-refractivity contribution in [1.29, 1.82) is 0 Å². The number of nitrogens with zero attached hydrogens (tertiary/aromatic N) is 1. The van der Waals surface area contributed by atoms with Crippen molar-refractivity contribution in [2.24, 2.45) is 0 Å². The molecule has 1 aromatic heterocycles. The van der Waals surface area contributed by atoms with Crippen LogP contribution in [0.15, 0.2) is 56.8 Å². The van der Waals surface area contributed by atoms with Crippen LogP contribution >= 0.6 is 43.2 Å². The second-order valence-electron chi connectivity index (χ2n) is 5.00. The minimum atomic E-state index is -0.481. The quantitative estimate of drug-likeness (QED) is 0.536. The van der Waals surface area contributed by atoms with Crippen molar-refractivity contribution in [3.8, 4) is 10.6 Å². The molecule has 0 saturated carbocycles. The molecule has 1 amide bonds. The first kappa shape index (κ1) is 17.3. The molecule has 2 aromatic carbocycles. The van der Waals surface area contributed by atoms with E-state index in [2.05, 4.69) is 42.2 Å². The molecule has 0 atom stereocenters. The van der Waals surface area contributed by atoms with Crippen molar-refractivity contribution in [3.05, 3.63) is 68.3 Å². The molecule has 0 fully saturated rings. The van der Waals surface area contributed by atoms with Crippen LogP contribution in [-0.2, 0) is 11.2 Å². The molecule has 7 heteroatoms. The minimum absolute atomic E-state index is 0.0972. The molecular weight excluding hydrogens is 459 g/mol. The number of thiazole rings is 1. The lowest BCUT2D eigenvalue weighted by atomic mass is 10.2. The highest BCUT2D eigenvalue weighted by atomic mass is 79.9. The molecule has 122 valence electrons. The number of carbonyl (C=O) groups is 1. The zero-order valence-electron chi connectivity index (χ0n) is 12.2. The number of nitrogens with one attached hydrogen (secondary N) is 1. The van der Waals surface area contributed by atoms with Gasteiger partial charge < -0.3 is 5.32 Å². The van der Waals surface area contributed by atoms with Gasteiger partial charge in [-0.3, -0.25) is 4.79 Å². The van der Waals surface area contributed by atoms with E-state index in [0.717, 1.165) is 15.0 Å². The lowest BCUT2D eigenvalue weighted by molar-refractivity contribution is -0.115. The molecule has 3 nitrogen and oxygen atoms in total. The number of carbonyl (C=O) groups excluding carboxylic acids is 1. The molecule has 1 N–H and O–H groups in total. The van der Waals surface area contributed by atoms with Gasteiger partial charge in [-0.1, -0.05) is 44.0 Å². The maximum absolute atomic E-state index is 13.8. The summed E-state index contributed by atoms with van der Waals surface area (Å²) in [6.07, 6.45) is 0.0972. The molecule has 0 aliphatic rings. The maximum atomic E-state index is 13.8. The zero-order valence-corrected chi connectivity index (χ0v) is 16.2. The second kappa shape index (κ2) is 7.55. The highest BCUT2D eigenvalue weighted by Crippen LogP contribution is 2.26. The number of amides is 1. The van der Waals surface area contributed by atoms with Gasteiger partial charge in [-0.05, 0) is 30.3 Å². The lowest BCUT2D eigenvalue weighted by Crippen LogP contribution is -2.15. The Hall–Kier alpha value is -1.57. The Morgan fingerprint density at radius 2 is 1.96 bits per heavy atom. The molecule has 0 bridgehead atoms. The summed E-state index contributed by atoms with van der Waals surface area (Å²) in [6.45, 7) is 0. The molecule has 0 saturated heterocycles. The first-order valence-corrected chi connectivity index (χ1v) is 9.43. The standard InChI is InChI=1S/C17H11Br2FN2OS/c18-11-3-1-2-10(6-11)17-21-13(9-24-17)8-16(23)22-15-5-4-12(19)7-14(15)20/h1-7,9H,8H2,(H,22,23). The van der Waals surface area contributed by atoms with Crippen molar-refractivity contribution in [2.75, 3.05) is 5.32 Å². The van der Waals surface area contributed by atoms with Gasteiger partial charge in [0.2, 0.25) is 5.91 Å². The van der Waals surface area contributed by atoms with E-state index in [1.807, 2.05) is 29.6 Å². The van der Waals surface area contributed by atoms with Gasteiger partial charge >= 0.3 is 0 Å². The highest BCUT2D eigenvalue weighted by molar-refractivity contribution is 9.10. The lowest BCUT2D eigenvalue weighted by Gasteiger charge is -2.05. The van der Waals surface area contributed by atoms with Crippen LogP contribution in [0.3, 0.4) is 0 Å². The van der Waals surface area contributed by atoms with Gasteiger partial charge in [0.25, 0.3) is 0 Å². The van der Waals surface area contributed by atoms with Crippen molar-refractivity contribution in [3.63, 3.8) is 0 Å². The Morgan fingerprint density at radius 3 is 2.71 bits per heavy atom. The van der Waals surface area contributed by atoms with Crippen LogP contribution in [-0.4, -0.2) is 10.9 Å². The molecule has 3 aromatic rings. The van der Waals surface area contributed by atoms with E-state index in [9.17, 15) is 9.18 Å². The van der Waals surface area contributed by atoms with E-state index >= 15 is 0 Å². The molecule has 1 heterocycles. The Balaban J connectivity index is 1.69. The van der Waals surface area contributed by atoms with E-state index in [1.54, 1.807) is 6.07 Å². The van der Waals surface area contributed by atoms with Gasteiger partial charge in [0.05, 0.1) is 17.8 Å². The van der Waals surface area contributed by atoms with Crippen LogP contribution in [0.4, 0.5) is 10.1 Å². The fourth-order valence-corrected chi connectivity index (χ4v) is 3.64. The first-order chi connectivity index (χ1) is 11.5. The zero-order chi connectivity index (χ0) is 17.1. The monoisotopic (exact) mass is 468 g/mol. The molecule has 24 heavy (non-hydrogen) atoms. The number of benzene rings is 2. The second-order valence-corrected chi connectivity index (χ2v) is 7.69. The van der Waals surface area contributed by atoms with E-state index in [1.165, 1.54) is 23.5 Å². The summed E-state index contributed by atoms with van der Waals surface area (Å²) in [7, 11) is 0. The number of aromatic nitrogens is 1. The summed E-state index contributed by atoms with van der Waals surface area (Å²) in [5.41, 5.74) is 1.80. The average molecular weight is 470 g/mol. The SMILES string of the molecule is O=C(Cc1csc(-c2cccc(Br)c2)n1)Nc1ccc(Br)cc1F. The third kappa shape index (κ3) is 4.28. The predicted molar refractivity (Wildman–Crippen MR) is 102 cm³/mol. The van der Waals surface area contributed by atoms with E-state index in [4.69, 9.17) is 0 Å². The van der Waals surface area contributed by atoms with Crippen LogP contribution in [0.1, 0.15) is 5.69 Å². The Bertz CT molecular complexity index is 898. The molecule has 0 aliphatic heterocycles. The molecule has 3 rings (SSSR count). The van der Waals surface area contributed by atoms with E-state index < -0.39 is 5.82 Å². The third-order valence-electron chi connectivity index (χ3n) is 3.17. The Morgan fingerprint density at radius 1 is 1.17 bits per heavy atom. The summed E-state index contributed by atoms with van der Waals surface area (Å²) in [6, 6.07) is 12.3. The largest absolute Gasteiger partial charge is 0.323 e. The van der Waals surface area contributed by atoms with Crippen molar-refractivity contribution >= 4 is 54.8 Å². The predicted octanol–water partition coefficient (Wildman–Crippen LogP) is 5.66. The topological polar surface area (TPSA) is 42.0 Å². The van der Waals surface area contributed by atoms with E-state index in [0.29, 0.717) is 10.2 Å². The van der Waals surface area contributed by atoms with Crippen molar-refractivity contribution in [2.45, 2.75) is 6.42 Å². The van der Waals surface area contributed by atoms with Gasteiger partial charge in [-0.15, -0.1) is 11.3 Å². The van der Waals surface area contributed by atoms with Gasteiger partial charge in [-0.25, -0.2) is 9.37 Å². The van der Waals surface area contributed by atoms with Crippen LogP contribution in [0, 0.1) is 5.82 Å².